The van der Waals surface area contributed by atoms with E-state index in [4.69, 9.17) is 10.1 Å². The molecule has 26 heavy (non-hydrogen) atoms. The van der Waals surface area contributed by atoms with Gasteiger partial charge in [-0.2, -0.15) is 10.5 Å². The summed E-state index contributed by atoms with van der Waals surface area (Å²) >= 11 is 0. The average molecular weight is 347 g/mol. The molecule has 0 aliphatic heterocycles. The molecule has 5 heteroatoms. The normalized spacial score (nSPS) is 27.9. The molecule has 3 rings (SSSR count). The summed E-state index contributed by atoms with van der Waals surface area (Å²) in [6, 6.07) is 13.7. The van der Waals surface area contributed by atoms with Gasteiger partial charge in [0.25, 0.3) is 0 Å². The molecule has 2 aliphatic carbocycles. The Kier molecular flexibility index (Phi) is 4.91. The molecule has 132 valence electrons. The summed E-state index contributed by atoms with van der Waals surface area (Å²) < 4.78 is 5.24. The molecule has 0 spiro atoms. The number of carbonyl (C=O) groups is 1. The van der Waals surface area contributed by atoms with E-state index in [0.29, 0.717) is 0 Å². The minimum Gasteiger partial charge on any atom is -0.464 e. The summed E-state index contributed by atoms with van der Waals surface area (Å²) in [6.07, 6.45) is 3.40. The first-order valence-electron chi connectivity index (χ1n) is 8.95. The van der Waals surface area contributed by atoms with Gasteiger partial charge in [0.2, 0.25) is 5.41 Å². The summed E-state index contributed by atoms with van der Waals surface area (Å²) in [4.78, 5) is 13.0. The Morgan fingerprint density at radius 2 is 1.88 bits per heavy atom. The van der Waals surface area contributed by atoms with Crippen LogP contribution < -0.4 is 0 Å². The zero-order valence-corrected chi connectivity index (χ0v) is 14.8. The summed E-state index contributed by atoms with van der Waals surface area (Å²) in [6.45, 7) is 1.81. The number of ether oxygens (including phenoxy) is 1. The van der Waals surface area contributed by atoms with Gasteiger partial charge in [0.05, 0.1) is 24.5 Å². The van der Waals surface area contributed by atoms with E-state index in [1.807, 2.05) is 30.3 Å². The Morgan fingerprint density at radius 1 is 1.23 bits per heavy atom. The predicted molar refractivity (Wildman–Crippen MR) is 96.2 cm³/mol. The summed E-state index contributed by atoms with van der Waals surface area (Å²) in [7, 11) is 0. The van der Waals surface area contributed by atoms with Gasteiger partial charge < -0.3 is 10.1 Å². The minimum atomic E-state index is -1.78. The van der Waals surface area contributed by atoms with E-state index in [1.54, 1.807) is 6.92 Å². The van der Waals surface area contributed by atoms with Crippen molar-refractivity contribution in [2.24, 2.45) is 11.3 Å². The zero-order valence-electron chi connectivity index (χ0n) is 14.8. The quantitative estimate of drug-likeness (QED) is 0.662. The number of esters is 1. The lowest BCUT2D eigenvalue weighted by molar-refractivity contribution is -0.149. The SMILES string of the molecule is CCOC(=O)[C@@]1(C#N)C(=N)[C@@H](C#N)C2=C(CCCC2)[C@@H]1c1ccccc1. The van der Waals surface area contributed by atoms with Crippen molar-refractivity contribution in [2.75, 3.05) is 6.61 Å². The molecule has 0 amide bonds. The third kappa shape index (κ3) is 2.52. The first kappa shape index (κ1) is 17.9. The third-order valence-electron chi connectivity index (χ3n) is 5.43. The Balaban J connectivity index is 2.32. The van der Waals surface area contributed by atoms with Crippen molar-refractivity contribution in [1.82, 2.24) is 0 Å². The van der Waals surface area contributed by atoms with E-state index in [2.05, 4.69) is 12.1 Å². The molecular weight excluding hydrogens is 326 g/mol. The molecule has 3 atom stereocenters. The molecule has 1 aromatic rings. The number of rotatable bonds is 3. The molecule has 0 unspecified atom stereocenters. The highest BCUT2D eigenvalue weighted by Gasteiger charge is 2.59. The van der Waals surface area contributed by atoms with Crippen LogP contribution in [-0.2, 0) is 9.53 Å². The zero-order chi connectivity index (χ0) is 18.7. The van der Waals surface area contributed by atoms with Crippen molar-refractivity contribution >= 4 is 11.7 Å². The monoisotopic (exact) mass is 347 g/mol. The molecule has 0 radical (unpaired) electrons. The highest BCUT2D eigenvalue weighted by Crippen LogP contribution is 2.54. The smallest absolute Gasteiger partial charge is 0.333 e. The molecule has 0 saturated heterocycles. The molecule has 0 saturated carbocycles. The van der Waals surface area contributed by atoms with E-state index in [-0.39, 0.29) is 12.3 Å². The predicted octanol–water partition coefficient (Wildman–Crippen LogP) is 3.89. The van der Waals surface area contributed by atoms with Crippen LogP contribution in [-0.4, -0.2) is 18.3 Å². The van der Waals surface area contributed by atoms with Gasteiger partial charge in [-0.1, -0.05) is 35.9 Å². The van der Waals surface area contributed by atoms with Crippen LogP contribution in [0, 0.1) is 39.4 Å². The van der Waals surface area contributed by atoms with Crippen molar-refractivity contribution in [3.05, 3.63) is 47.0 Å². The van der Waals surface area contributed by atoms with E-state index in [0.717, 1.165) is 42.4 Å². The second-order valence-corrected chi connectivity index (χ2v) is 6.72. The third-order valence-corrected chi connectivity index (χ3v) is 5.43. The van der Waals surface area contributed by atoms with Crippen molar-refractivity contribution in [3.63, 3.8) is 0 Å². The van der Waals surface area contributed by atoms with Gasteiger partial charge in [0.1, 0.15) is 5.92 Å². The lowest BCUT2D eigenvalue weighted by Crippen LogP contribution is -2.51. The number of benzene rings is 1. The lowest BCUT2D eigenvalue weighted by Gasteiger charge is -2.44. The Morgan fingerprint density at radius 3 is 2.46 bits per heavy atom. The molecule has 0 fully saturated rings. The largest absolute Gasteiger partial charge is 0.464 e. The topological polar surface area (TPSA) is 97.7 Å². The second kappa shape index (κ2) is 7.14. The fraction of sp³-hybridized carbons (Fsp3) is 0.429. The maximum absolute atomic E-state index is 13.0. The number of hydrogen-bond acceptors (Lipinski definition) is 5. The van der Waals surface area contributed by atoms with E-state index >= 15 is 0 Å². The lowest BCUT2D eigenvalue weighted by atomic mass is 9.56. The first-order chi connectivity index (χ1) is 12.6. The van der Waals surface area contributed by atoms with Gasteiger partial charge in [-0.3, -0.25) is 0 Å². The van der Waals surface area contributed by atoms with Crippen LogP contribution in [0.3, 0.4) is 0 Å². The number of hydrogen-bond donors (Lipinski definition) is 1. The van der Waals surface area contributed by atoms with Gasteiger partial charge in [0.15, 0.2) is 0 Å². The number of nitrogens with one attached hydrogen (secondary N) is 1. The molecule has 1 aromatic carbocycles. The van der Waals surface area contributed by atoms with Gasteiger partial charge in [-0.15, -0.1) is 0 Å². The van der Waals surface area contributed by atoms with Crippen LogP contribution in [0.1, 0.15) is 44.1 Å². The van der Waals surface area contributed by atoms with Crippen LogP contribution in [0.5, 0.6) is 0 Å². The van der Waals surface area contributed by atoms with Gasteiger partial charge >= 0.3 is 5.97 Å². The molecule has 0 heterocycles. The first-order valence-corrected chi connectivity index (χ1v) is 8.95. The maximum Gasteiger partial charge on any atom is 0.333 e. The molecule has 0 aromatic heterocycles. The summed E-state index contributed by atoms with van der Waals surface area (Å²) in [5.74, 6) is -2.12. The van der Waals surface area contributed by atoms with Gasteiger partial charge in [-0.25, -0.2) is 4.79 Å². The second-order valence-electron chi connectivity index (χ2n) is 6.72. The maximum atomic E-state index is 13.0. The van der Waals surface area contributed by atoms with Crippen molar-refractivity contribution in [1.29, 1.82) is 15.9 Å². The van der Waals surface area contributed by atoms with Crippen LogP contribution in [0.15, 0.2) is 41.5 Å². The van der Waals surface area contributed by atoms with E-state index < -0.39 is 23.2 Å². The van der Waals surface area contributed by atoms with Gasteiger partial charge in [0, 0.05) is 5.92 Å². The van der Waals surface area contributed by atoms with Gasteiger partial charge in [-0.05, 0) is 43.7 Å². The van der Waals surface area contributed by atoms with E-state index in [9.17, 15) is 15.3 Å². The fourth-order valence-electron chi connectivity index (χ4n) is 4.31. The molecule has 1 N–H and O–H groups in total. The number of carbonyl (C=O) groups excluding carboxylic acids is 1. The standard InChI is InChI=1S/C21H21N3O2/c1-2-26-20(25)21(13-23)18(14-8-4-3-5-9-14)16-11-7-6-10-15(16)17(12-22)19(21)24/h3-5,8-9,17-18,24H,2,6-7,10-11H2,1H3/t17-,18-,21+/m0/s1. The van der Waals surface area contributed by atoms with Crippen molar-refractivity contribution in [2.45, 2.75) is 38.5 Å². The molecule has 5 nitrogen and oxygen atoms in total. The number of nitriles is 2. The minimum absolute atomic E-state index is 0.125. The number of allylic oxidation sites excluding steroid dienone is 2. The number of nitrogens with zero attached hydrogens (tertiary/aromatic N) is 2. The Hall–Kier alpha value is -2.92. The van der Waals surface area contributed by atoms with Crippen LogP contribution in [0.4, 0.5) is 0 Å². The Bertz CT molecular complexity index is 844. The average Bonchev–Trinajstić information content (AvgIpc) is 2.68. The summed E-state index contributed by atoms with van der Waals surface area (Å²) in [5.41, 5.74) is 0.786. The molecule has 2 aliphatic rings. The molecular formula is C21H21N3O2. The molecule has 0 bridgehead atoms. The fourth-order valence-corrected chi connectivity index (χ4v) is 4.31. The van der Waals surface area contributed by atoms with Crippen molar-refractivity contribution < 1.29 is 9.53 Å². The van der Waals surface area contributed by atoms with Crippen LogP contribution >= 0.6 is 0 Å². The summed E-state index contributed by atoms with van der Waals surface area (Å²) in [5, 5.41) is 28.5. The van der Waals surface area contributed by atoms with E-state index in [1.165, 1.54) is 0 Å². The highest BCUT2D eigenvalue weighted by atomic mass is 16.5. The highest BCUT2D eigenvalue weighted by molar-refractivity contribution is 6.13. The van der Waals surface area contributed by atoms with Crippen LogP contribution in [0.2, 0.25) is 0 Å². The van der Waals surface area contributed by atoms with Crippen molar-refractivity contribution in [3.8, 4) is 12.1 Å². The Labute approximate surface area is 153 Å². The van der Waals surface area contributed by atoms with Crippen LogP contribution in [0.25, 0.3) is 0 Å².